The van der Waals surface area contributed by atoms with Gasteiger partial charge in [0.05, 0.1) is 0 Å². The molecule has 1 heterocycles. The van der Waals surface area contributed by atoms with E-state index in [2.05, 4.69) is 10.3 Å². The molecule has 1 atom stereocenters. The maximum absolute atomic E-state index is 11.9. The number of hydrogen-bond acceptors (Lipinski definition) is 4. The number of hydrogen-bond donors (Lipinski definition) is 2. The van der Waals surface area contributed by atoms with Crippen LogP contribution >= 0.6 is 47.8 Å². The molecule has 0 aliphatic carbocycles. The molecule has 1 aromatic heterocycles. The molecule has 0 aliphatic rings. The van der Waals surface area contributed by atoms with Crippen LogP contribution < -0.4 is 11.1 Å². The number of thiazole rings is 1. The van der Waals surface area contributed by atoms with Crippen molar-refractivity contribution >= 4 is 53.7 Å². The fraction of sp³-hybridized carbons (Fsp3) is 0.286. The minimum absolute atomic E-state index is 0. The number of rotatable bonds is 5. The van der Waals surface area contributed by atoms with Crippen molar-refractivity contribution in [1.29, 1.82) is 0 Å². The van der Waals surface area contributed by atoms with Gasteiger partial charge in [-0.3, -0.25) is 4.79 Å². The van der Waals surface area contributed by atoms with Crippen LogP contribution in [0.2, 0.25) is 5.02 Å². The maximum Gasteiger partial charge on any atom is 0.270 e. The molecule has 1 unspecified atom stereocenters. The number of benzene rings is 1. The van der Waals surface area contributed by atoms with Crippen molar-refractivity contribution < 1.29 is 4.79 Å². The van der Waals surface area contributed by atoms with E-state index in [4.69, 9.17) is 17.3 Å². The lowest BCUT2D eigenvalue weighted by Crippen LogP contribution is -2.29. The second-order valence-electron chi connectivity index (χ2n) is 4.57. The predicted octanol–water partition coefficient (Wildman–Crippen LogP) is 3.77. The van der Waals surface area contributed by atoms with Crippen LogP contribution in [0.25, 0.3) is 10.6 Å². The van der Waals surface area contributed by atoms with Gasteiger partial charge in [-0.2, -0.15) is 0 Å². The molecule has 0 bridgehead atoms. The summed E-state index contributed by atoms with van der Waals surface area (Å²) in [6.07, 6.45) is 0.747. The van der Waals surface area contributed by atoms with E-state index in [0.29, 0.717) is 17.3 Å². The van der Waals surface area contributed by atoms with Crippen molar-refractivity contribution in [3.05, 3.63) is 40.4 Å². The molecule has 0 saturated carbocycles. The van der Waals surface area contributed by atoms with Gasteiger partial charge in [-0.05, 0) is 25.5 Å². The topological polar surface area (TPSA) is 68.0 Å². The van der Waals surface area contributed by atoms with Gasteiger partial charge < -0.3 is 11.1 Å². The Morgan fingerprint density at radius 2 is 2.18 bits per heavy atom. The van der Waals surface area contributed by atoms with E-state index < -0.39 is 0 Å². The summed E-state index contributed by atoms with van der Waals surface area (Å²) in [4.78, 5) is 16.2. The van der Waals surface area contributed by atoms with E-state index in [-0.39, 0.29) is 36.8 Å². The first-order valence-electron chi connectivity index (χ1n) is 6.31. The van der Waals surface area contributed by atoms with Gasteiger partial charge in [0.1, 0.15) is 10.7 Å². The van der Waals surface area contributed by atoms with Crippen LogP contribution in [0.4, 0.5) is 0 Å². The summed E-state index contributed by atoms with van der Waals surface area (Å²) in [5.74, 6) is -0.171. The third kappa shape index (κ3) is 6.10. The highest BCUT2D eigenvalue weighted by atomic mass is 35.5. The van der Waals surface area contributed by atoms with Crippen molar-refractivity contribution in [2.24, 2.45) is 5.73 Å². The van der Waals surface area contributed by atoms with Gasteiger partial charge in [-0.25, -0.2) is 4.98 Å². The van der Waals surface area contributed by atoms with Crippen LogP contribution in [0.3, 0.4) is 0 Å². The average Bonchev–Trinajstić information content (AvgIpc) is 2.87. The van der Waals surface area contributed by atoms with E-state index in [9.17, 15) is 4.79 Å². The van der Waals surface area contributed by atoms with Gasteiger partial charge in [0.15, 0.2) is 0 Å². The third-order valence-electron chi connectivity index (χ3n) is 2.69. The van der Waals surface area contributed by atoms with Gasteiger partial charge in [0.2, 0.25) is 0 Å². The molecular formula is C14H18Cl3N3OS. The van der Waals surface area contributed by atoms with Crippen LogP contribution in [-0.2, 0) is 0 Å². The number of nitrogens with one attached hydrogen (secondary N) is 1. The zero-order valence-electron chi connectivity index (χ0n) is 11.9. The van der Waals surface area contributed by atoms with Crippen molar-refractivity contribution in [3.63, 3.8) is 0 Å². The second-order valence-corrected chi connectivity index (χ2v) is 5.86. The molecule has 0 saturated heterocycles. The van der Waals surface area contributed by atoms with Crippen molar-refractivity contribution in [2.45, 2.75) is 19.4 Å². The van der Waals surface area contributed by atoms with E-state index in [1.165, 1.54) is 11.3 Å². The molecule has 0 radical (unpaired) electrons. The van der Waals surface area contributed by atoms with Gasteiger partial charge in [-0.15, -0.1) is 36.2 Å². The number of amides is 1. The lowest BCUT2D eigenvalue weighted by Gasteiger charge is -2.05. The van der Waals surface area contributed by atoms with Crippen LogP contribution in [-0.4, -0.2) is 23.5 Å². The Bertz CT molecular complexity index is 605. The van der Waals surface area contributed by atoms with Gasteiger partial charge >= 0.3 is 0 Å². The highest BCUT2D eigenvalue weighted by molar-refractivity contribution is 7.13. The first-order valence-corrected chi connectivity index (χ1v) is 7.57. The quantitative estimate of drug-likeness (QED) is 0.827. The van der Waals surface area contributed by atoms with E-state index in [1.807, 2.05) is 25.1 Å². The van der Waals surface area contributed by atoms with E-state index in [0.717, 1.165) is 17.0 Å². The largest absolute Gasteiger partial charge is 0.351 e. The predicted molar refractivity (Wildman–Crippen MR) is 97.7 cm³/mol. The normalized spacial score (nSPS) is 11.0. The Labute approximate surface area is 151 Å². The third-order valence-corrected chi connectivity index (χ3v) is 3.82. The number of aromatic nitrogens is 1. The van der Waals surface area contributed by atoms with E-state index >= 15 is 0 Å². The van der Waals surface area contributed by atoms with Crippen molar-refractivity contribution in [3.8, 4) is 10.6 Å². The first kappa shape index (κ1) is 21.1. The molecule has 22 heavy (non-hydrogen) atoms. The molecule has 0 fully saturated rings. The fourth-order valence-corrected chi connectivity index (χ4v) is 2.62. The average molecular weight is 383 g/mol. The Hall–Kier alpha value is -0.850. The summed E-state index contributed by atoms with van der Waals surface area (Å²) >= 11 is 7.37. The second kappa shape index (κ2) is 10.0. The SMILES string of the molecule is CC(N)CCNC(=O)c1csc(-c2cccc(Cl)c2)n1.Cl.Cl. The first-order chi connectivity index (χ1) is 9.56. The Kier molecular flexibility index (Phi) is 9.64. The molecule has 8 heteroatoms. The molecule has 1 amide bonds. The number of halogens is 3. The molecule has 2 aromatic rings. The molecule has 1 aromatic carbocycles. The summed E-state index contributed by atoms with van der Waals surface area (Å²) in [5, 5.41) is 5.99. The minimum Gasteiger partial charge on any atom is -0.351 e. The fourth-order valence-electron chi connectivity index (χ4n) is 1.64. The molecule has 0 spiro atoms. The van der Waals surface area contributed by atoms with Crippen LogP contribution in [0, 0.1) is 0 Å². The zero-order chi connectivity index (χ0) is 14.5. The van der Waals surface area contributed by atoms with Crippen LogP contribution in [0.15, 0.2) is 29.6 Å². The monoisotopic (exact) mass is 381 g/mol. The number of nitrogens with two attached hydrogens (primary N) is 1. The maximum atomic E-state index is 11.9. The summed E-state index contributed by atoms with van der Waals surface area (Å²) in [7, 11) is 0. The molecule has 2 rings (SSSR count). The lowest BCUT2D eigenvalue weighted by atomic mass is 10.2. The lowest BCUT2D eigenvalue weighted by molar-refractivity contribution is 0.0948. The highest BCUT2D eigenvalue weighted by Crippen LogP contribution is 2.25. The molecule has 3 N–H and O–H groups in total. The van der Waals surface area contributed by atoms with Gasteiger partial charge in [0, 0.05) is 28.6 Å². The zero-order valence-corrected chi connectivity index (χ0v) is 15.1. The summed E-state index contributed by atoms with van der Waals surface area (Å²) in [6, 6.07) is 7.50. The van der Waals surface area contributed by atoms with Crippen LogP contribution in [0.1, 0.15) is 23.8 Å². The van der Waals surface area contributed by atoms with Crippen molar-refractivity contribution in [2.75, 3.05) is 6.54 Å². The highest BCUT2D eigenvalue weighted by Gasteiger charge is 2.11. The summed E-state index contributed by atoms with van der Waals surface area (Å²) in [6.45, 7) is 2.47. The number of carbonyl (C=O) groups is 1. The molecule has 0 aliphatic heterocycles. The number of carbonyl (C=O) groups excluding carboxylic acids is 1. The molecular weight excluding hydrogens is 365 g/mol. The van der Waals surface area contributed by atoms with Crippen molar-refractivity contribution in [1.82, 2.24) is 10.3 Å². The smallest absolute Gasteiger partial charge is 0.270 e. The Morgan fingerprint density at radius 1 is 1.45 bits per heavy atom. The van der Waals surface area contributed by atoms with Gasteiger partial charge in [0.25, 0.3) is 5.91 Å². The molecule has 122 valence electrons. The Balaban J connectivity index is 0.00000220. The van der Waals surface area contributed by atoms with E-state index in [1.54, 1.807) is 11.4 Å². The number of nitrogens with zero attached hydrogens (tertiary/aromatic N) is 1. The summed E-state index contributed by atoms with van der Waals surface area (Å²) in [5.41, 5.74) is 6.97. The minimum atomic E-state index is -0.171. The van der Waals surface area contributed by atoms with Gasteiger partial charge in [-0.1, -0.05) is 23.7 Å². The Morgan fingerprint density at radius 3 is 2.82 bits per heavy atom. The molecule has 4 nitrogen and oxygen atoms in total. The standard InChI is InChI=1S/C14H16ClN3OS.2ClH/c1-9(16)5-6-17-13(19)12-8-20-14(18-12)10-3-2-4-11(15)7-10;;/h2-4,7-9H,5-6,16H2,1H3,(H,17,19);2*1H. The summed E-state index contributed by atoms with van der Waals surface area (Å²) < 4.78 is 0. The van der Waals surface area contributed by atoms with Crippen LogP contribution in [0.5, 0.6) is 0 Å².